The largest absolute Gasteiger partial charge is 0.484 e. The van der Waals surface area contributed by atoms with Gasteiger partial charge in [-0.2, -0.15) is 13.2 Å². The van der Waals surface area contributed by atoms with Gasteiger partial charge in [-0.15, -0.1) is 0 Å². The summed E-state index contributed by atoms with van der Waals surface area (Å²) < 4.78 is 42.4. The highest BCUT2D eigenvalue weighted by Gasteiger charge is 2.35. The molecule has 0 spiro atoms. The topological polar surface area (TPSA) is 80.3 Å². The molecule has 1 aliphatic rings. The Morgan fingerprint density at radius 3 is 2.48 bits per heavy atom. The Bertz CT molecular complexity index is 716. The SMILES string of the molecule is CNC(=O)C(C)(C)[C@H](C)NC(=O)c1cc(OCC(F)(F)F)c(C2CC2)cn1. The number of nitrogens with one attached hydrogen (secondary N) is 2. The van der Waals surface area contributed by atoms with Crippen LogP contribution in [0.1, 0.15) is 55.6 Å². The summed E-state index contributed by atoms with van der Waals surface area (Å²) in [4.78, 5) is 28.5. The fourth-order valence-electron chi connectivity index (χ4n) is 2.53. The molecule has 9 heteroatoms. The molecular formula is C18H24F3N3O3. The Morgan fingerprint density at radius 1 is 1.33 bits per heavy atom. The maximum atomic E-state index is 12.5. The van der Waals surface area contributed by atoms with Crippen molar-refractivity contribution in [3.8, 4) is 5.75 Å². The maximum Gasteiger partial charge on any atom is 0.422 e. The molecule has 1 atom stereocenters. The fraction of sp³-hybridized carbons (Fsp3) is 0.611. The lowest BCUT2D eigenvalue weighted by Crippen LogP contribution is -2.50. The summed E-state index contributed by atoms with van der Waals surface area (Å²) in [7, 11) is 1.50. The van der Waals surface area contributed by atoms with Crippen molar-refractivity contribution in [2.45, 2.75) is 51.7 Å². The number of halogens is 3. The number of hydrogen-bond donors (Lipinski definition) is 2. The minimum absolute atomic E-state index is 0.0215. The van der Waals surface area contributed by atoms with E-state index in [2.05, 4.69) is 15.6 Å². The molecular weight excluding hydrogens is 363 g/mol. The number of amides is 2. The van der Waals surface area contributed by atoms with E-state index in [1.807, 2.05) is 0 Å². The van der Waals surface area contributed by atoms with E-state index >= 15 is 0 Å². The van der Waals surface area contributed by atoms with E-state index in [1.54, 1.807) is 20.8 Å². The average molecular weight is 387 g/mol. The monoisotopic (exact) mass is 387 g/mol. The van der Waals surface area contributed by atoms with E-state index in [0.717, 1.165) is 12.8 Å². The van der Waals surface area contributed by atoms with E-state index in [-0.39, 0.29) is 23.3 Å². The van der Waals surface area contributed by atoms with Crippen LogP contribution in [-0.4, -0.2) is 42.7 Å². The molecule has 1 heterocycles. The van der Waals surface area contributed by atoms with E-state index in [1.165, 1.54) is 19.3 Å². The van der Waals surface area contributed by atoms with Gasteiger partial charge in [0.2, 0.25) is 5.91 Å². The lowest BCUT2D eigenvalue weighted by molar-refractivity contribution is -0.153. The highest BCUT2D eigenvalue weighted by atomic mass is 19.4. The summed E-state index contributed by atoms with van der Waals surface area (Å²) in [5.74, 6) is -0.697. The first kappa shape index (κ1) is 21.0. The van der Waals surface area contributed by atoms with E-state index in [9.17, 15) is 22.8 Å². The van der Waals surface area contributed by atoms with Gasteiger partial charge in [0.1, 0.15) is 11.4 Å². The second-order valence-corrected chi connectivity index (χ2v) is 7.28. The zero-order chi connectivity index (χ0) is 20.4. The normalized spacial score (nSPS) is 15.8. The molecule has 0 bridgehead atoms. The van der Waals surface area contributed by atoms with E-state index in [4.69, 9.17) is 4.74 Å². The van der Waals surface area contributed by atoms with E-state index in [0.29, 0.717) is 5.56 Å². The molecule has 0 saturated heterocycles. The molecule has 6 nitrogen and oxygen atoms in total. The van der Waals surface area contributed by atoms with Gasteiger partial charge in [-0.1, -0.05) is 0 Å². The van der Waals surface area contributed by atoms with Crippen molar-refractivity contribution in [3.63, 3.8) is 0 Å². The molecule has 2 N–H and O–H groups in total. The summed E-state index contributed by atoms with van der Waals surface area (Å²) in [6, 6.07) is 0.698. The van der Waals surface area contributed by atoms with Crippen molar-refractivity contribution in [2.24, 2.45) is 5.41 Å². The van der Waals surface area contributed by atoms with Crippen LogP contribution in [-0.2, 0) is 4.79 Å². The molecule has 1 aliphatic carbocycles. The Kier molecular flexibility index (Phi) is 6.01. The summed E-state index contributed by atoms with van der Waals surface area (Å²) in [6.45, 7) is 3.60. The van der Waals surface area contributed by atoms with Crippen LogP contribution in [0, 0.1) is 5.41 Å². The molecule has 0 aromatic carbocycles. The van der Waals surface area contributed by atoms with Crippen molar-refractivity contribution in [1.82, 2.24) is 15.6 Å². The van der Waals surface area contributed by atoms with Gasteiger partial charge in [0.15, 0.2) is 6.61 Å². The van der Waals surface area contributed by atoms with Gasteiger partial charge in [0, 0.05) is 30.9 Å². The minimum atomic E-state index is -4.47. The lowest BCUT2D eigenvalue weighted by Gasteiger charge is -2.30. The van der Waals surface area contributed by atoms with Crippen LogP contribution in [0.3, 0.4) is 0 Å². The van der Waals surface area contributed by atoms with Crippen LogP contribution in [0.15, 0.2) is 12.3 Å². The van der Waals surface area contributed by atoms with Crippen LogP contribution < -0.4 is 15.4 Å². The molecule has 1 aromatic heterocycles. The number of pyridine rings is 1. The zero-order valence-corrected chi connectivity index (χ0v) is 15.7. The third kappa shape index (κ3) is 5.33. The molecule has 2 amide bonds. The Labute approximate surface area is 155 Å². The van der Waals surface area contributed by atoms with Crippen LogP contribution in [0.2, 0.25) is 0 Å². The summed E-state index contributed by atoms with van der Waals surface area (Å²) in [6.07, 6.45) is -1.37. The molecule has 0 aliphatic heterocycles. The fourth-order valence-corrected chi connectivity index (χ4v) is 2.53. The first-order valence-corrected chi connectivity index (χ1v) is 8.68. The molecule has 2 rings (SSSR count). The first-order chi connectivity index (χ1) is 12.5. The Balaban J connectivity index is 2.17. The number of carbonyl (C=O) groups is 2. The minimum Gasteiger partial charge on any atom is -0.484 e. The van der Waals surface area contributed by atoms with Crippen molar-refractivity contribution in [1.29, 1.82) is 0 Å². The van der Waals surface area contributed by atoms with Crippen molar-refractivity contribution in [2.75, 3.05) is 13.7 Å². The van der Waals surface area contributed by atoms with Crippen molar-refractivity contribution < 1.29 is 27.5 Å². The molecule has 0 unspecified atom stereocenters. The highest BCUT2D eigenvalue weighted by Crippen LogP contribution is 2.44. The molecule has 1 saturated carbocycles. The molecule has 1 aromatic rings. The predicted molar refractivity (Wildman–Crippen MR) is 92.5 cm³/mol. The lowest BCUT2D eigenvalue weighted by atomic mass is 9.84. The first-order valence-electron chi connectivity index (χ1n) is 8.68. The Hall–Kier alpha value is -2.32. The van der Waals surface area contributed by atoms with Gasteiger partial charge in [0.05, 0.1) is 5.41 Å². The van der Waals surface area contributed by atoms with Gasteiger partial charge < -0.3 is 15.4 Å². The number of carbonyl (C=O) groups excluding carboxylic acids is 2. The van der Waals surface area contributed by atoms with Gasteiger partial charge in [-0.3, -0.25) is 14.6 Å². The summed E-state index contributed by atoms with van der Waals surface area (Å²) in [5, 5.41) is 5.21. The third-order valence-electron chi connectivity index (χ3n) is 4.78. The number of alkyl halides is 3. The average Bonchev–Trinajstić information content (AvgIpc) is 3.42. The van der Waals surface area contributed by atoms with Crippen molar-refractivity contribution in [3.05, 3.63) is 23.5 Å². The van der Waals surface area contributed by atoms with Gasteiger partial charge in [-0.25, -0.2) is 0 Å². The summed E-state index contributed by atoms with van der Waals surface area (Å²) >= 11 is 0. The summed E-state index contributed by atoms with van der Waals surface area (Å²) in [5.41, 5.74) is -0.362. The number of ether oxygens (including phenoxy) is 1. The number of nitrogens with zero attached hydrogens (tertiary/aromatic N) is 1. The van der Waals surface area contributed by atoms with Gasteiger partial charge in [-0.05, 0) is 39.5 Å². The zero-order valence-electron chi connectivity index (χ0n) is 15.7. The molecule has 27 heavy (non-hydrogen) atoms. The second-order valence-electron chi connectivity index (χ2n) is 7.28. The second kappa shape index (κ2) is 7.74. The molecule has 1 fully saturated rings. The Morgan fingerprint density at radius 2 is 1.96 bits per heavy atom. The van der Waals surface area contributed by atoms with Crippen LogP contribution in [0.25, 0.3) is 0 Å². The quantitative estimate of drug-likeness (QED) is 0.754. The highest BCUT2D eigenvalue weighted by molar-refractivity contribution is 5.93. The standard InChI is InChI=1S/C18H24F3N3O3/c1-10(17(2,3)16(26)22-4)24-15(25)13-7-14(27-9-18(19,20)21)12(8-23-13)11-5-6-11/h7-8,10-11H,5-6,9H2,1-4H3,(H,22,26)(H,24,25)/t10-/m0/s1. The van der Waals surface area contributed by atoms with Gasteiger partial charge in [0.25, 0.3) is 5.91 Å². The predicted octanol–water partition coefficient (Wildman–Crippen LogP) is 2.79. The number of rotatable bonds is 7. The molecule has 0 radical (unpaired) electrons. The smallest absolute Gasteiger partial charge is 0.422 e. The van der Waals surface area contributed by atoms with Gasteiger partial charge >= 0.3 is 6.18 Å². The van der Waals surface area contributed by atoms with E-state index < -0.39 is 30.1 Å². The molecule has 150 valence electrons. The van der Waals surface area contributed by atoms with Crippen LogP contribution >= 0.6 is 0 Å². The number of hydrogen-bond acceptors (Lipinski definition) is 4. The van der Waals surface area contributed by atoms with Crippen LogP contribution in [0.5, 0.6) is 5.75 Å². The van der Waals surface area contributed by atoms with Crippen LogP contribution in [0.4, 0.5) is 13.2 Å². The maximum absolute atomic E-state index is 12.5. The number of aromatic nitrogens is 1. The third-order valence-corrected chi connectivity index (χ3v) is 4.78. The van der Waals surface area contributed by atoms with Crippen molar-refractivity contribution >= 4 is 11.8 Å².